The molecule has 1 aromatic carbocycles. The van der Waals surface area contributed by atoms with Crippen molar-refractivity contribution in [3.05, 3.63) is 34.9 Å². The number of nitrogens with two attached hydrogens (primary N) is 1. The number of nitrogens with one attached hydrogen (secondary N) is 1. The molecule has 0 amide bonds. The van der Waals surface area contributed by atoms with Crippen molar-refractivity contribution in [3.8, 4) is 0 Å². The molecule has 0 spiro atoms. The minimum absolute atomic E-state index is 0.101. The maximum atomic E-state index is 5.81. The van der Waals surface area contributed by atoms with Crippen LogP contribution in [0.15, 0.2) is 24.3 Å². The van der Waals surface area contributed by atoms with Gasteiger partial charge in [0.05, 0.1) is 6.04 Å². The second-order valence-corrected chi connectivity index (χ2v) is 3.88. The quantitative estimate of drug-likeness (QED) is 0.450. The SMILES string of the molecule is COC(OC)C(Cc1ccc(Cl)cc1)NN. The number of hydrogen-bond acceptors (Lipinski definition) is 4. The summed E-state index contributed by atoms with van der Waals surface area (Å²) in [7, 11) is 3.17. The Balaban J connectivity index is 2.65. The monoisotopic (exact) mass is 244 g/mol. The molecule has 0 aliphatic carbocycles. The maximum absolute atomic E-state index is 5.81. The number of rotatable bonds is 6. The molecule has 0 radical (unpaired) electrons. The van der Waals surface area contributed by atoms with Gasteiger partial charge in [0.15, 0.2) is 6.29 Å². The van der Waals surface area contributed by atoms with Crippen LogP contribution in [0.2, 0.25) is 5.02 Å². The number of hydrazine groups is 1. The van der Waals surface area contributed by atoms with E-state index in [4.69, 9.17) is 26.9 Å². The zero-order valence-electron chi connectivity index (χ0n) is 9.44. The maximum Gasteiger partial charge on any atom is 0.173 e. The smallest absolute Gasteiger partial charge is 0.173 e. The van der Waals surface area contributed by atoms with Crippen LogP contribution < -0.4 is 11.3 Å². The average Bonchev–Trinajstić information content (AvgIpc) is 2.32. The van der Waals surface area contributed by atoms with Gasteiger partial charge in [-0.05, 0) is 24.1 Å². The number of benzene rings is 1. The van der Waals surface area contributed by atoms with E-state index < -0.39 is 0 Å². The summed E-state index contributed by atoms with van der Waals surface area (Å²) in [6.45, 7) is 0. The molecule has 90 valence electrons. The van der Waals surface area contributed by atoms with Gasteiger partial charge >= 0.3 is 0 Å². The fourth-order valence-corrected chi connectivity index (χ4v) is 1.66. The summed E-state index contributed by atoms with van der Waals surface area (Å²) in [4.78, 5) is 0. The largest absolute Gasteiger partial charge is 0.354 e. The molecule has 0 heterocycles. The standard InChI is InChI=1S/C11H17ClN2O2/c1-15-11(16-2)10(14-13)7-8-3-5-9(12)6-4-8/h3-6,10-11,14H,7,13H2,1-2H3. The summed E-state index contributed by atoms with van der Waals surface area (Å²) in [6, 6.07) is 7.50. The van der Waals surface area contributed by atoms with Crippen molar-refractivity contribution in [2.24, 2.45) is 5.84 Å². The predicted molar refractivity (Wildman–Crippen MR) is 64.1 cm³/mol. The van der Waals surface area contributed by atoms with Gasteiger partial charge in [0.1, 0.15) is 0 Å². The Hall–Kier alpha value is -0.650. The minimum atomic E-state index is -0.374. The molecule has 0 aromatic heterocycles. The first-order valence-electron chi connectivity index (χ1n) is 4.97. The highest BCUT2D eigenvalue weighted by Gasteiger charge is 2.19. The zero-order valence-corrected chi connectivity index (χ0v) is 10.2. The zero-order chi connectivity index (χ0) is 12.0. The molecule has 16 heavy (non-hydrogen) atoms. The third-order valence-electron chi connectivity index (χ3n) is 2.38. The van der Waals surface area contributed by atoms with Gasteiger partial charge in [-0.3, -0.25) is 11.3 Å². The molecule has 0 aliphatic heterocycles. The van der Waals surface area contributed by atoms with E-state index in [1.54, 1.807) is 14.2 Å². The summed E-state index contributed by atoms with van der Waals surface area (Å²) in [6.07, 6.45) is 0.334. The summed E-state index contributed by atoms with van der Waals surface area (Å²) in [5.41, 5.74) is 3.80. The average molecular weight is 245 g/mol. The topological polar surface area (TPSA) is 56.5 Å². The van der Waals surface area contributed by atoms with Gasteiger partial charge in [-0.1, -0.05) is 23.7 Å². The molecular formula is C11H17ClN2O2. The lowest BCUT2D eigenvalue weighted by Crippen LogP contribution is -2.47. The van der Waals surface area contributed by atoms with Crippen LogP contribution in [0.25, 0.3) is 0 Å². The van der Waals surface area contributed by atoms with E-state index in [-0.39, 0.29) is 12.3 Å². The van der Waals surface area contributed by atoms with Crippen molar-refractivity contribution in [2.45, 2.75) is 18.8 Å². The Morgan fingerprint density at radius 1 is 1.25 bits per heavy atom. The van der Waals surface area contributed by atoms with E-state index >= 15 is 0 Å². The molecular weight excluding hydrogens is 228 g/mol. The van der Waals surface area contributed by atoms with E-state index in [1.807, 2.05) is 24.3 Å². The first-order chi connectivity index (χ1) is 7.71. The van der Waals surface area contributed by atoms with E-state index in [1.165, 1.54) is 0 Å². The van der Waals surface area contributed by atoms with E-state index in [0.29, 0.717) is 6.42 Å². The molecule has 0 fully saturated rings. The van der Waals surface area contributed by atoms with Gasteiger partial charge in [-0.2, -0.15) is 0 Å². The number of hydrogen-bond donors (Lipinski definition) is 2. The molecule has 5 heteroatoms. The minimum Gasteiger partial charge on any atom is -0.354 e. The van der Waals surface area contributed by atoms with Crippen molar-refractivity contribution < 1.29 is 9.47 Å². The molecule has 3 N–H and O–H groups in total. The molecule has 4 nitrogen and oxygen atoms in total. The fourth-order valence-electron chi connectivity index (χ4n) is 1.53. The Morgan fingerprint density at radius 3 is 2.25 bits per heavy atom. The van der Waals surface area contributed by atoms with Gasteiger partial charge in [0, 0.05) is 19.2 Å². The predicted octanol–water partition coefficient (Wildman–Crippen LogP) is 1.33. The van der Waals surface area contributed by atoms with E-state index in [9.17, 15) is 0 Å². The van der Waals surface area contributed by atoms with E-state index in [0.717, 1.165) is 10.6 Å². The molecule has 0 bridgehead atoms. The summed E-state index contributed by atoms with van der Waals surface area (Å²) >= 11 is 5.81. The highest BCUT2D eigenvalue weighted by atomic mass is 35.5. The second-order valence-electron chi connectivity index (χ2n) is 3.44. The van der Waals surface area contributed by atoms with Crippen LogP contribution in [-0.4, -0.2) is 26.6 Å². The Morgan fingerprint density at radius 2 is 1.81 bits per heavy atom. The Labute approximate surface area is 101 Å². The van der Waals surface area contributed by atoms with Gasteiger partial charge in [0.25, 0.3) is 0 Å². The Kier molecular flexibility index (Phi) is 5.73. The van der Waals surface area contributed by atoms with Crippen LogP contribution in [0.5, 0.6) is 0 Å². The number of ether oxygens (including phenoxy) is 2. The first kappa shape index (κ1) is 13.4. The van der Waals surface area contributed by atoms with Crippen molar-refractivity contribution in [1.82, 2.24) is 5.43 Å². The second kappa shape index (κ2) is 6.83. The lowest BCUT2D eigenvalue weighted by molar-refractivity contribution is -0.122. The molecule has 0 saturated carbocycles. The fraction of sp³-hybridized carbons (Fsp3) is 0.455. The highest BCUT2D eigenvalue weighted by Crippen LogP contribution is 2.12. The van der Waals surface area contributed by atoms with Crippen LogP contribution in [-0.2, 0) is 15.9 Å². The third kappa shape index (κ3) is 3.73. The lowest BCUT2D eigenvalue weighted by Gasteiger charge is -2.23. The molecule has 0 aliphatic rings. The van der Waals surface area contributed by atoms with Crippen LogP contribution in [0.1, 0.15) is 5.56 Å². The van der Waals surface area contributed by atoms with Crippen LogP contribution in [0.4, 0.5) is 0 Å². The molecule has 1 rings (SSSR count). The van der Waals surface area contributed by atoms with Gasteiger partial charge in [-0.15, -0.1) is 0 Å². The van der Waals surface area contributed by atoms with Gasteiger partial charge in [0.2, 0.25) is 0 Å². The molecule has 0 saturated heterocycles. The number of methoxy groups -OCH3 is 2. The summed E-state index contributed by atoms with van der Waals surface area (Å²) < 4.78 is 10.3. The van der Waals surface area contributed by atoms with Crippen molar-refractivity contribution >= 4 is 11.6 Å². The van der Waals surface area contributed by atoms with Crippen LogP contribution in [0, 0.1) is 0 Å². The summed E-state index contributed by atoms with van der Waals surface area (Å²) in [5, 5.41) is 0.719. The lowest BCUT2D eigenvalue weighted by atomic mass is 10.1. The molecule has 1 unspecified atom stereocenters. The van der Waals surface area contributed by atoms with Crippen molar-refractivity contribution in [3.63, 3.8) is 0 Å². The van der Waals surface area contributed by atoms with Gasteiger partial charge in [-0.25, -0.2) is 0 Å². The normalized spacial score (nSPS) is 13.1. The highest BCUT2D eigenvalue weighted by molar-refractivity contribution is 6.30. The molecule has 1 atom stereocenters. The van der Waals surface area contributed by atoms with Crippen LogP contribution >= 0.6 is 11.6 Å². The molecule has 1 aromatic rings. The van der Waals surface area contributed by atoms with Gasteiger partial charge < -0.3 is 9.47 Å². The number of halogens is 1. The Bertz CT molecular complexity index is 301. The van der Waals surface area contributed by atoms with Crippen molar-refractivity contribution in [1.29, 1.82) is 0 Å². The van der Waals surface area contributed by atoms with Crippen LogP contribution in [0.3, 0.4) is 0 Å². The van der Waals surface area contributed by atoms with E-state index in [2.05, 4.69) is 5.43 Å². The van der Waals surface area contributed by atoms with Crippen molar-refractivity contribution in [2.75, 3.05) is 14.2 Å². The first-order valence-corrected chi connectivity index (χ1v) is 5.35. The summed E-state index contributed by atoms with van der Waals surface area (Å²) in [5.74, 6) is 5.47. The third-order valence-corrected chi connectivity index (χ3v) is 2.63.